The largest absolute Gasteiger partial charge is 0.497 e. The van der Waals surface area contributed by atoms with Crippen molar-refractivity contribution in [3.63, 3.8) is 0 Å². The summed E-state index contributed by atoms with van der Waals surface area (Å²) in [6.45, 7) is 1.56. The van der Waals surface area contributed by atoms with Gasteiger partial charge in [-0.1, -0.05) is 48.2 Å². The van der Waals surface area contributed by atoms with Gasteiger partial charge in [-0.15, -0.1) is 10.2 Å². The molecule has 0 bridgehead atoms. The number of aromatic nitrogens is 2. The number of ether oxygens (including phenoxy) is 2. The van der Waals surface area contributed by atoms with Crippen molar-refractivity contribution in [2.45, 2.75) is 22.6 Å². The van der Waals surface area contributed by atoms with E-state index in [-0.39, 0.29) is 16.3 Å². The number of carbonyl (C=O) groups excluding carboxylic acids is 1. The molecule has 1 N–H and O–H groups in total. The van der Waals surface area contributed by atoms with Gasteiger partial charge in [-0.2, -0.15) is 0 Å². The number of benzene rings is 2. The predicted molar refractivity (Wildman–Crippen MR) is 130 cm³/mol. The van der Waals surface area contributed by atoms with Crippen molar-refractivity contribution >= 4 is 49.8 Å². The van der Waals surface area contributed by atoms with Crippen LogP contribution in [0.5, 0.6) is 11.5 Å². The topological polar surface area (TPSA) is 111 Å². The quantitative estimate of drug-likeness (QED) is 0.307. The first kappa shape index (κ1) is 24.8. The summed E-state index contributed by atoms with van der Waals surface area (Å²) in [6, 6.07) is 12.6. The molecule has 1 aromatic heterocycles. The van der Waals surface area contributed by atoms with Crippen molar-refractivity contribution in [1.29, 1.82) is 0 Å². The summed E-state index contributed by atoms with van der Waals surface area (Å²) in [4.78, 5) is 12.9. The molecule has 176 valence electrons. The Labute approximate surface area is 201 Å². The van der Waals surface area contributed by atoms with E-state index >= 15 is 0 Å². The highest BCUT2D eigenvalue weighted by atomic mass is 32.2. The summed E-state index contributed by atoms with van der Waals surface area (Å²) < 4.78 is 39.4. The van der Waals surface area contributed by atoms with Crippen molar-refractivity contribution in [1.82, 2.24) is 10.2 Å². The minimum atomic E-state index is -4.11. The number of hydrogen-bond acceptors (Lipinski definition) is 9. The zero-order valence-corrected chi connectivity index (χ0v) is 20.8. The number of sulfonamides is 1. The van der Waals surface area contributed by atoms with Crippen molar-refractivity contribution in [2.75, 3.05) is 36.1 Å². The van der Waals surface area contributed by atoms with Crippen LogP contribution < -0.4 is 19.1 Å². The Morgan fingerprint density at radius 2 is 1.88 bits per heavy atom. The van der Waals surface area contributed by atoms with Crippen LogP contribution in [0.4, 0.5) is 10.8 Å². The lowest BCUT2D eigenvalue weighted by Gasteiger charge is -2.25. The number of anilines is 2. The first-order valence-corrected chi connectivity index (χ1v) is 13.2. The Balaban J connectivity index is 1.94. The molecule has 9 nitrogen and oxygen atoms in total. The molecule has 0 aliphatic rings. The number of hydrogen-bond donors (Lipinski definition) is 1. The van der Waals surface area contributed by atoms with E-state index in [1.807, 2.05) is 0 Å². The molecule has 0 fully saturated rings. The molecule has 1 amide bonds. The van der Waals surface area contributed by atoms with Gasteiger partial charge < -0.3 is 9.47 Å². The molecule has 0 saturated carbocycles. The summed E-state index contributed by atoms with van der Waals surface area (Å²) in [5, 5.41) is 11.0. The molecule has 0 atom stereocenters. The van der Waals surface area contributed by atoms with Gasteiger partial charge in [0, 0.05) is 11.8 Å². The molecule has 0 saturated heterocycles. The van der Waals surface area contributed by atoms with Gasteiger partial charge in [0.1, 0.15) is 18.0 Å². The second-order valence-electron chi connectivity index (χ2n) is 6.63. The van der Waals surface area contributed by atoms with Gasteiger partial charge in [0.25, 0.3) is 10.0 Å². The number of amides is 1. The third-order valence-corrected chi connectivity index (χ3v) is 8.31. The van der Waals surface area contributed by atoms with E-state index in [0.29, 0.717) is 10.9 Å². The second-order valence-corrected chi connectivity index (χ2v) is 10.8. The van der Waals surface area contributed by atoms with E-state index in [9.17, 15) is 13.2 Å². The van der Waals surface area contributed by atoms with E-state index in [2.05, 4.69) is 22.4 Å². The van der Waals surface area contributed by atoms with Crippen molar-refractivity contribution < 1.29 is 22.7 Å². The third-order valence-electron chi connectivity index (χ3n) is 4.36. The summed E-state index contributed by atoms with van der Waals surface area (Å²) in [5.41, 5.74) is 0.173. The Kier molecular flexibility index (Phi) is 8.53. The van der Waals surface area contributed by atoms with E-state index in [4.69, 9.17) is 9.47 Å². The number of carbonyl (C=O) groups is 1. The van der Waals surface area contributed by atoms with Crippen LogP contribution in [0.1, 0.15) is 13.3 Å². The summed E-state index contributed by atoms with van der Waals surface area (Å²) in [6.07, 6.45) is 0.987. The van der Waals surface area contributed by atoms with Gasteiger partial charge in [-0.3, -0.25) is 14.4 Å². The second kappa shape index (κ2) is 11.3. The molecule has 3 aromatic rings. The van der Waals surface area contributed by atoms with Crippen LogP contribution in [0.15, 0.2) is 57.8 Å². The van der Waals surface area contributed by atoms with Crippen LogP contribution >= 0.6 is 23.1 Å². The fourth-order valence-electron chi connectivity index (χ4n) is 2.81. The maximum Gasteiger partial charge on any atom is 0.264 e. The minimum Gasteiger partial charge on any atom is -0.497 e. The number of nitrogens with one attached hydrogen (secondary N) is 1. The zero-order valence-electron chi connectivity index (χ0n) is 18.3. The Hall–Kier alpha value is -2.83. The molecule has 0 aliphatic carbocycles. The van der Waals surface area contributed by atoms with E-state index in [1.54, 1.807) is 42.1 Å². The molecule has 3 rings (SSSR count). The van der Waals surface area contributed by atoms with Gasteiger partial charge in [0.15, 0.2) is 4.34 Å². The molecule has 0 unspecified atom stereocenters. The van der Waals surface area contributed by atoms with Crippen LogP contribution in [0, 0.1) is 0 Å². The number of thioether (sulfide) groups is 1. The SMILES string of the molecule is CCCSc1nnc(NC(=O)CN(c2cc(OC)ccc2OC)S(=O)(=O)c2ccccc2)s1. The fourth-order valence-corrected chi connectivity index (χ4v) is 5.95. The van der Waals surface area contributed by atoms with Crippen molar-refractivity contribution in [2.24, 2.45) is 0 Å². The maximum absolute atomic E-state index is 13.5. The lowest BCUT2D eigenvalue weighted by Crippen LogP contribution is -2.38. The molecule has 0 aliphatic heterocycles. The van der Waals surface area contributed by atoms with Crippen LogP contribution in [0.2, 0.25) is 0 Å². The molecule has 33 heavy (non-hydrogen) atoms. The molecular formula is C21H24N4O5S3. The lowest BCUT2D eigenvalue weighted by atomic mass is 10.2. The normalized spacial score (nSPS) is 11.1. The highest BCUT2D eigenvalue weighted by Crippen LogP contribution is 2.35. The predicted octanol–water partition coefficient (Wildman–Crippen LogP) is 3.89. The van der Waals surface area contributed by atoms with E-state index < -0.39 is 22.5 Å². The standard InChI is InChI=1S/C21H24N4O5S3/c1-4-12-31-21-24-23-20(32-21)22-19(26)14-25(33(27,28)16-8-6-5-7-9-16)17-13-15(29-2)10-11-18(17)30-3/h5-11,13H,4,12,14H2,1-3H3,(H,22,23,26). The van der Waals surface area contributed by atoms with E-state index in [0.717, 1.165) is 20.8 Å². The van der Waals surface area contributed by atoms with Crippen LogP contribution in [-0.2, 0) is 14.8 Å². The average molecular weight is 509 g/mol. The molecule has 12 heteroatoms. The Morgan fingerprint density at radius 3 is 2.55 bits per heavy atom. The minimum absolute atomic E-state index is 0.0387. The zero-order chi connectivity index (χ0) is 23.8. The first-order chi connectivity index (χ1) is 15.9. The Morgan fingerprint density at radius 1 is 1.12 bits per heavy atom. The van der Waals surface area contributed by atoms with E-state index in [1.165, 1.54) is 43.8 Å². The van der Waals surface area contributed by atoms with Crippen LogP contribution in [-0.4, -0.2) is 51.0 Å². The monoisotopic (exact) mass is 508 g/mol. The third kappa shape index (κ3) is 6.15. The van der Waals surface area contributed by atoms with Crippen molar-refractivity contribution in [3.8, 4) is 11.5 Å². The lowest BCUT2D eigenvalue weighted by molar-refractivity contribution is -0.114. The van der Waals surface area contributed by atoms with Gasteiger partial charge in [0.2, 0.25) is 11.0 Å². The first-order valence-electron chi connectivity index (χ1n) is 9.95. The van der Waals surface area contributed by atoms with Gasteiger partial charge in [0.05, 0.1) is 24.8 Å². The number of rotatable bonds is 11. The summed E-state index contributed by atoms with van der Waals surface area (Å²) in [5.74, 6) is 1.02. The van der Waals surface area contributed by atoms with Gasteiger partial charge >= 0.3 is 0 Å². The van der Waals surface area contributed by atoms with Crippen LogP contribution in [0.25, 0.3) is 0 Å². The summed E-state index contributed by atoms with van der Waals surface area (Å²) >= 11 is 2.78. The number of methoxy groups -OCH3 is 2. The molecule has 0 radical (unpaired) electrons. The van der Waals surface area contributed by atoms with Crippen molar-refractivity contribution in [3.05, 3.63) is 48.5 Å². The van der Waals surface area contributed by atoms with Crippen LogP contribution in [0.3, 0.4) is 0 Å². The smallest absolute Gasteiger partial charge is 0.264 e. The van der Waals surface area contributed by atoms with Gasteiger partial charge in [-0.25, -0.2) is 8.42 Å². The highest BCUT2D eigenvalue weighted by molar-refractivity contribution is 8.01. The molecule has 0 spiro atoms. The maximum atomic E-state index is 13.5. The Bertz CT molecular complexity index is 1190. The number of nitrogens with zero attached hydrogens (tertiary/aromatic N) is 3. The molecular weight excluding hydrogens is 484 g/mol. The average Bonchev–Trinajstić information content (AvgIpc) is 3.28. The molecule has 1 heterocycles. The highest BCUT2D eigenvalue weighted by Gasteiger charge is 2.30. The molecule has 2 aromatic carbocycles. The van der Waals surface area contributed by atoms with Gasteiger partial charge in [-0.05, 0) is 30.7 Å². The fraction of sp³-hybridized carbons (Fsp3) is 0.286. The summed E-state index contributed by atoms with van der Waals surface area (Å²) in [7, 11) is -1.21.